The molecule has 1 fully saturated rings. The first-order valence-electron chi connectivity index (χ1n) is 7.42. The molecule has 6 atom stereocenters. The third-order valence-corrected chi connectivity index (χ3v) is 3.97. The Labute approximate surface area is 133 Å². The second-order valence-corrected chi connectivity index (χ2v) is 5.48. The minimum absolute atomic E-state index is 0.0691. The Hall–Kier alpha value is -1.99. The van der Waals surface area contributed by atoms with Crippen LogP contribution in [0.1, 0.15) is 13.3 Å². The van der Waals surface area contributed by atoms with Crippen molar-refractivity contribution in [2.75, 3.05) is 6.61 Å². The lowest BCUT2D eigenvalue weighted by Crippen LogP contribution is -2.59. The summed E-state index contributed by atoms with van der Waals surface area (Å²) in [6.45, 7) is 1.51. The molecule has 5 N–H and O–H groups in total. The summed E-state index contributed by atoms with van der Waals surface area (Å²) in [6.07, 6.45) is -2.48. The molecule has 1 saturated heterocycles. The maximum atomic E-state index is 10.2. The van der Waals surface area contributed by atoms with E-state index in [0.717, 1.165) is 0 Å². The van der Waals surface area contributed by atoms with Crippen LogP contribution in [0.3, 0.4) is 0 Å². The quantitative estimate of drug-likeness (QED) is 0.368. The lowest BCUT2D eigenvalue weighted by molar-refractivity contribution is -0.0803. The molecule has 0 aromatic rings. The van der Waals surface area contributed by atoms with E-state index in [9.17, 15) is 15.3 Å². The van der Waals surface area contributed by atoms with Crippen molar-refractivity contribution in [1.29, 1.82) is 5.41 Å². The van der Waals surface area contributed by atoms with Gasteiger partial charge in [-0.3, -0.25) is 10.4 Å². The highest BCUT2D eigenvalue weighted by atomic mass is 16.6. The summed E-state index contributed by atoms with van der Waals surface area (Å²) in [5.41, 5.74) is 0. The Balaban J connectivity index is 1.80. The van der Waals surface area contributed by atoms with Gasteiger partial charge >= 0.3 is 0 Å². The smallest absolute Gasteiger partial charge is 0.182 e. The molecule has 0 aliphatic carbocycles. The number of ether oxygens (including phenoxy) is 1. The van der Waals surface area contributed by atoms with Crippen molar-refractivity contribution in [3.05, 3.63) is 0 Å². The summed E-state index contributed by atoms with van der Waals surface area (Å²) < 4.78 is 5.52. The summed E-state index contributed by atoms with van der Waals surface area (Å²) >= 11 is 0. The van der Waals surface area contributed by atoms with Gasteiger partial charge in [-0.05, 0) is 5.92 Å². The monoisotopic (exact) mass is 321 g/mol. The molecule has 3 aliphatic heterocycles. The molecule has 9 nitrogen and oxygen atoms in total. The van der Waals surface area contributed by atoms with Crippen LogP contribution in [0, 0.1) is 17.3 Å². The van der Waals surface area contributed by atoms with Gasteiger partial charge < -0.3 is 30.3 Å². The van der Waals surface area contributed by atoms with E-state index in [2.05, 4.69) is 27.1 Å². The maximum absolute atomic E-state index is 10.2. The largest absolute Gasteiger partial charge is 0.394 e. The highest BCUT2D eigenvalue weighted by molar-refractivity contribution is 6.10. The van der Waals surface area contributed by atoms with Gasteiger partial charge in [-0.15, -0.1) is 0 Å². The zero-order valence-corrected chi connectivity index (χ0v) is 12.5. The molecule has 3 heterocycles. The average Bonchev–Trinajstić information content (AvgIpc) is 3.08. The number of nitrogens with one attached hydrogen (secondary N) is 2. The molecule has 0 saturated carbocycles. The number of aliphatic imine (C=N–C) groups is 2. The van der Waals surface area contributed by atoms with Crippen LogP contribution in [0.25, 0.3) is 0 Å². The minimum Gasteiger partial charge on any atom is -0.394 e. The van der Waals surface area contributed by atoms with Gasteiger partial charge in [-0.25, -0.2) is 4.99 Å². The van der Waals surface area contributed by atoms with E-state index in [0.29, 0.717) is 12.3 Å². The van der Waals surface area contributed by atoms with Gasteiger partial charge in [0.05, 0.1) is 12.9 Å². The van der Waals surface area contributed by atoms with Gasteiger partial charge in [0, 0.05) is 6.42 Å². The summed E-state index contributed by atoms with van der Waals surface area (Å²) in [5, 5.41) is 40.3. The number of nitrogens with zero attached hydrogens (tertiary/aromatic N) is 3. The zero-order chi connectivity index (χ0) is 16.6. The summed E-state index contributed by atoms with van der Waals surface area (Å²) in [5.74, 6) is 6.15. The van der Waals surface area contributed by atoms with Crippen LogP contribution in [-0.4, -0.2) is 81.6 Å². The summed E-state index contributed by atoms with van der Waals surface area (Å²) in [7, 11) is 0. The van der Waals surface area contributed by atoms with Gasteiger partial charge in [0.15, 0.2) is 17.9 Å². The molecule has 23 heavy (non-hydrogen) atoms. The molecule has 0 aromatic carbocycles. The highest BCUT2D eigenvalue weighted by Crippen LogP contribution is 2.28. The number of hydrogen-bond acceptors (Lipinski definition) is 8. The van der Waals surface area contributed by atoms with Crippen LogP contribution in [-0.2, 0) is 4.74 Å². The maximum Gasteiger partial charge on any atom is 0.182 e. The van der Waals surface area contributed by atoms with Crippen molar-refractivity contribution in [2.45, 2.75) is 50.1 Å². The highest BCUT2D eigenvalue weighted by Gasteiger charge is 2.50. The van der Waals surface area contributed by atoms with E-state index in [4.69, 9.17) is 10.1 Å². The molecule has 0 spiro atoms. The molecule has 124 valence electrons. The van der Waals surface area contributed by atoms with Gasteiger partial charge in [0.2, 0.25) is 0 Å². The van der Waals surface area contributed by atoms with Gasteiger partial charge in [-0.1, -0.05) is 12.8 Å². The standard InChI is InChI=1S/C14H19N5O4/c1-2-3-4-8-17-12(15)9-13(18-8)19(6-16-9)14-11(22)10(21)7(5-20)23-14/h6-7,9-11,13-14,20-22H,2,5H2,1H3,(H2,15,17,18)/t7?,9?,10-,11-,13?,14?/m1/s1. The van der Waals surface area contributed by atoms with E-state index in [1.807, 2.05) is 6.92 Å². The molecule has 0 amide bonds. The topological polar surface area (TPSA) is 134 Å². The lowest BCUT2D eigenvalue weighted by Gasteiger charge is -2.35. The van der Waals surface area contributed by atoms with Crippen molar-refractivity contribution < 1.29 is 20.1 Å². The number of aliphatic hydroxyl groups is 3. The Kier molecular flexibility index (Phi) is 4.32. The first-order chi connectivity index (χ1) is 11.1. The van der Waals surface area contributed by atoms with Crippen LogP contribution < -0.4 is 5.32 Å². The van der Waals surface area contributed by atoms with E-state index in [1.54, 1.807) is 4.90 Å². The zero-order valence-electron chi connectivity index (χ0n) is 12.5. The Bertz CT molecular complexity index is 610. The van der Waals surface area contributed by atoms with E-state index in [1.165, 1.54) is 6.34 Å². The van der Waals surface area contributed by atoms with Crippen molar-refractivity contribution >= 4 is 18.0 Å². The third kappa shape index (κ3) is 2.70. The predicted octanol–water partition coefficient (Wildman–Crippen LogP) is -2.14. The van der Waals surface area contributed by atoms with Crippen LogP contribution in [0.15, 0.2) is 9.98 Å². The first kappa shape index (κ1) is 15.9. The number of hydrogen-bond donors (Lipinski definition) is 5. The van der Waals surface area contributed by atoms with Crippen molar-refractivity contribution in [2.24, 2.45) is 9.98 Å². The molecule has 3 aliphatic rings. The second-order valence-electron chi connectivity index (χ2n) is 5.48. The molecule has 0 bridgehead atoms. The van der Waals surface area contributed by atoms with E-state index in [-0.39, 0.29) is 5.84 Å². The summed E-state index contributed by atoms with van der Waals surface area (Å²) in [6, 6.07) is -0.539. The average molecular weight is 321 g/mol. The Morgan fingerprint density at radius 2 is 2.22 bits per heavy atom. The van der Waals surface area contributed by atoms with Gasteiger partial charge in [0.1, 0.15) is 30.5 Å². The fourth-order valence-corrected chi connectivity index (χ4v) is 2.78. The van der Waals surface area contributed by atoms with Crippen molar-refractivity contribution in [3.63, 3.8) is 0 Å². The SMILES string of the molecule is CCC#CC1=NC(=N)C2N=CN(C3OC(CO)[C@@H](O)[C@H]3O)C2N1. The van der Waals surface area contributed by atoms with Crippen LogP contribution >= 0.6 is 0 Å². The van der Waals surface area contributed by atoms with Gasteiger partial charge in [-0.2, -0.15) is 0 Å². The van der Waals surface area contributed by atoms with E-state index >= 15 is 0 Å². The fraction of sp³-hybridized carbons (Fsp3) is 0.643. The summed E-state index contributed by atoms with van der Waals surface area (Å²) in [4.78, 5) is 9.87. The van der Waals surface area contributed by atoms with Crippen LogP contribution in [0.2, 0.25) is 0 Å². The number of fused-ring (bicyclic) bond motifs is 1. The van der Waals surface area contributed by atoms with Crippen molar-refractivity contribution in [1.82, 2.24) is 10.2 Å². The number of rotatable bonds is 2. The third-order valence-electron chi connectivity index (χ3n) is 3.97. The molecule has 4 unspecified atom stereocenters. The fourth-order valence-electron chi connectivity index (χ4n) is 2.78. The molecule has 0 aromatic heterocycles. The molecule has 9 heteroatoms. The van der Waals surface area contributed by atoms with Crippen molar-refractivity contribution in [3.8, 4) is 11.8 Å². The Morgan fingerprint density at radius 1 is 1.43 bits per heavy atom. The van der Waals surface area contributed by atoms with E-state index < -0.39 is 43.4 Å². The second kappa shape index (κ2) is 6.25. The normalized spacial score (nSPS) is 38.7. The molecule has 3 rings (SSSR count). The van der Waals surface area contributed by atoms with Crippen LogP contribution in [0.5, 0.6) is 0 Å². The molecular weight excluding hydrogens is 302 g/mol. The number of amidine groups is 2. The first-order valence-corrected chi connectivity index (χ1v) is 7.42. The number of aliphatic hydroxyl groups excluding tert-OH is 3. The molecular formula is C14H19N5O4. The lowest BCUT2D eigenvalue weighted by atomic mass is 10.1. The Morgan fingerprint density at radius 3 is 2.87 bits per heavy atom. The van der Waals surface area contributed by atoms with Crippen LogP contribution in [0.4, 0.5) is 0 Å². The predicted molar refractivity (Wildman–Crippen MR) is 82.0 cm³/mol. The minimum atomic E-state index is -1.20. The van der Waals surface area contributed by atoms with Gasteiger partial charge in [0.25, 0.3) is 0 Å². The molecule has 0 radical (unpaired) electrons.